The van der Waals surface area contributed by atoms with Crippen molar-refractivity contribution >= 4 is 34.8 Å². The predicted octanol–water partition coefficient (Wildman–Crippen LogP) is 3.52. The fraction of sp³-hybridized carbons (Fsp3) is 0.133. The van der Waals surface area contributed by atoms with Crippen molar-refractivity contribution in [2.45, 2.75) is 6.92 Å². The number of anilines is 1. The van der Waals surface area contributed by atoms with Crippen LogP contribution < -0.4 is 4.90 Å². The molecule has 0 saturated carbocycles. The van der Waals surface area contributed by atoms with Crippen molar-refractivity contribution in [2.24, 2.45) is 4.99 Å². The first kappa shape index (κ1) is 18.4. The molecule has 2 aromatic carbocycles. The lowest BCUT2D eigenvalue weighted by atomic mass is 10.2. The minimum Gasteiger partial charge on any atom is -0.324 e. The number of nitrogens with zero attached hydrogens (tertiary/aromatic N) is 5. The minimum atomic E-state index is -0.926. The fourth-order valence-corrected chi connectivity index (χ4v) is 2.18. The number of benzene rings is 2. The van der Waals surface area contributed by atoms with Crippen LogP contribution in [-0.4, -0.2) is 28.2 Å². The zero-order valence-electron chi connectivity index (χ0n) is 13.7. The summed E-state index contributed by atoms with van der Waals surface area (Å²) < 4.78 is 0. The van der Waals surface area contributed by atoms with Crippen LogP contribution in [0, 0.1) is 37.3 Å². The highest BCUT2D eigenvalue weighted by atomic mass is 16.6. The van der Waals surface area contributed by atoms with Crippen molar-refractivity contribution in [3.63, 3.8) is 0 Å². The molecule has 0 unspecified atom stereocenters. The van der Waals surface area contributed by atoms with Gasteiger partial charge in [0.25, 0.3) is 5.69 Å². The largest absolute Gasteiger partial charge is 0.324 e. The number of rotatable bonds is 6. The zero-order valence-corrected chi connectivity index (χ0v) is 13.7. The standard InChI is InChI=1S/C15H13N5O6/c1-10-3-5-11(6-4-10)16-9-17(2)15-13(19(23)24)7-12(18(21)22)8-14(15)20(25)26/h3-9H,1-2H3. The molecule has 0 aliphatic rings. The van der Waals surface area contributed by atoms with Crippen molar-refractivity contribution in [1.29, 1.82) is 0 Å². The molecule has 134 valence electrons. The van der Waals surface area contributed by atoms with Gasteiger partial charge in [-0.2, -0.15) is 0 Å². The van der Waals surface area contributed by atoms with Crippen LogP contribution in [-0.2, 0) is 0 Å². The van der Waals surface area contributed by atoms with Crippen molar-refractivity contribution < 1.29 is 14.8 Å². The number of aryl methyl sites for hydroxylation is 1. The lowest BCUT2D eigenvalue weighted by Crippen LogP contribution is -2.17. The highest BCUT2D eigenvalue weighted by Gasteiger charge is 2.32. The smallest absolute Gasteiger partial charge is 0.306 e. The molecule has 26 heavy (non-hydrogen) atoms. The van der Waals surface area contributed by atoms with Crippen molar-refractivity contribution in [2.75, 3.05) is 11.9 Å². The number of nitro groups is 3. The van der Waals surface area contributed by atoms with Crippen LogP contribution in [0.4, 0.5) is 28.4 Å². The number of nitro benzene ring substituents is 3. The van der Waals surface area contributed by atoms with E-state index in [1.807, 2.05) is 19.1 Å². The highest BCUT2D eigenvalue weighted by Crippen LogP contribution is 2.40. The van der Waals surface area contributed by atoms with Gasteiger partial charge >= 0.3 is 11.4 Å². The third-order valence-corrected chi connectivity index (χ3v) is 3.43. The van der Waals surface area contributed by atoms with Crippen LogP contribution in [0.25, 0.3) is 0 Å². The molecule has 11 nitrogen and oxygen atoms in total. The summed E-state index contributed by atoms with van der Waals surface area (Å²) in [5.41, 5.74) is -1.11. The van der Waals surface area contributed by atoms with Crippen molar-refractivity contribution in [3.05, 3.63) is 72.3 Å². The molecule has 0 heterocycles. The lowest BCUT2D eigenvalue weighted by molar-refractivity contribution is -0.402. The summed E-state index contributed by atoms with van der Waals surface area (Å²) >= 11 is 0. The summed E-state index contributed by atoms with van der Waals surface area (Å²) in [6.07, 6.45) is 1.17. The van der Waals surface area contributed by atoms with E-state index in [1.54, 1.807) is 12.1 Å². The van der Waals surface area contributed by atoms with E-state index in [0.717, 1.165) is 10.5 Å². The molecular weight excluding hydrogens is 346 g/mol. The van der Waals surface area contributed by atoms with Crippen molar-refractivity contribution in [1.82, 2.24) is 0 Å². The molecule has 2 aromatic rings. The topological polar surface area (TPSA) is 145 Å². The Balaban J connectivity index is 2.54. The number of hydrogen-bond acceptors (Lipinski definition) is 7. The van der Waals surface area contributed by atoms with Crippen LogP contribution >= 0.6 is 0 Å². The van der Waals surface area contributed by atoms with Crippen LogP contribution in [0.1, 0.15) is 5.56 Å². The molecule has 0 N–H and O–H groups in total. The molecule has 0 aliphatic carbocycles. The van der Waals surface area contributed by atoms with Crippen LogP contribution in [0.3, 0.4) is 0 Å². The summed E-state index contributed by atoms with van der Waals surface area (Å²) in [6, 6.07) is 8.39. The van der Waals surface area contributed by atoms with Crippen LogP contribution in [0.2, 0.25) is 0 Å². The summed E-state index contributed by atoms with van der Waals surface area (Å²) in [6.45, 7) is 1.89. The van der Waals surface area contributed by atoms with E-state index >= 15 is 0 Å². The Morgan fingerprint density at radius 3 is 1.85 bits per heavy atom. The highest BCUT2D eigenvalue weighted by molar-refractivity contribution is 5.90. The fourth-order valence-electron chi connectivity index (χ4n) is 2.18. The Bertz CT molecular complexity index is 874. The first-order valence-electron chi connectivity index (χ1n) is 7.15. The molecule has 0 radical (unpaired) electrons. The number of non-ortho nitro benzene ring substituents is 1. The zero-order chi connectivity index (χ0) is 19.4. The Labute approximate surface area is 146 Å². The Morgan fingerprint density at radius 1 is 0.923 bits per heavy atom. The predicted molar refractivity (Wildman–Crippen MR) is 94.1 cm³/mol. The third-order valence-electron chi connectivity index (χ3n) is 3.43. The van der Waals surface area contributed by atoms with Gasteiger partial charge < -0.3 is 4.90 Å². The molecular formula is C15H13N5O6. The lowest BCUT2D eigenvalue weighted by Gasteiger charge is -2.13. The third kappa shape index (κ3) is 3.95. The first-order chi connectivity index (χ1) is 12.2. The number of hydrogen-bond donors (Lipinski definition) is 0. The monoisotopic (exact) mass is 359 g/mol. The summed E-state index contributed by atoms with van der Waals surface area (Å²) in [5.74, 6) is 0. The van der Waals surface area contributed by atoms with Gasteiger partial charge in [0.15, 0.2) is 5.69 Å². The molecule has 0 aromatic heterocycles. The normalized spacial score (nSPS) is 10.7. The van der Waals surface area contributed by atoms with Gasteiger partial charge in [-0.25, -0.2) is 4.99 Å². The Morgan fingerprint density at radius 2 is 1.42 bits per heavy atom. The van der Waals surface area contributed by atoms with E-state index < -0.39 is 37.5 Å². The Kier molecular flexibility index (Phi) is 5.21. The SMILES string of the molecule is Cc1ccc(N=CN(C)c2c([N+](=O)[O-])cc([N+](=O)[O-])cc2[N+](=O)[O-])cc1. The van der Waals surface area contributed by atoms with Gasteiger partial charge in [-0.3, -0.25) is 30.3 Å². The molecule has 0 amide bonds. The summed E-state index contributed by atoms with van der Waals surface area (Å²) in [4.78, 5) is 35.9. The van der Waals surface area contributed by atoms with Crippen LogP contribution in [0.15, 0.2) is 41.4 Å². The van der Waals surface area contributed by atoms with Gasteiger partial charge in [0, 0.05) is 7.05 Å². The maximum atomic E-state index is 11.3. The number of aliphatic imine (C=N–C) groups is 1. The molecule has 0 fully saturated rings. The van der Waals surface area contributed by atoms with E-state index in [2.05, 4.69) is 4.99 Å². The molecule has 2 rings (SSSR count). The molecule has 0 aliphatic heterocycles. The average molecular weight is 359 g/mol. The van der Waals surface area contributed by atoms with E-state index in [9.17, 15) is 30.3 Å². The van der Waals surface area contributed by atoms with Gasteiger partial charge in [0.1, 0.15) is 0 Å². The maximum Gasteiger partial charge on any atom is 0.306 e. The van der Waals surface area contributed by atoms with E-state index in [4.69, 9.17) is 0 Å². The van der Waals surface area contributed by atoms with Gasteiger partial charge in [0.2, 0.25) is 0 Å². The minimum absolute atomic E-state index is 0.401. The van der Waals surface area contributed by atoms with Crippen LogP contribution in [0.5, 0.6) is 0 Å². The van der Waals surface area contributed by atoms with E-state index in [0.29, 0.717) is 17.8 Å². The molecule has 0 saturated heterocycles. The van der Waals surface area contributed by atoms with Gasteiger partial charge in [-0.1, -0.05) is 17.7 Å². The first-order valence-corrected chi connectivity index (χ1v) is 7.15. The van der Waals surface area contributed by atoms with E-state index in [-0.39, 0.29) is 0 Å². The van der Waals surface area contributed by atoms with E-state index in [1.165, 1.54) is 13.4 Å². The Hall–Kier alpha value is -3.89. The second-order valence-corrected chi connectivity index (χ2v) is 5.29. The molecule has 0 atom stereocenters. The van der Waals surface area contributed by atoms with Gasteiger partial charge in [0.05, 0.1) is 38.9 Å². The quantitative estimate of drug-likeness (QED) is 0.332. The average Bonchev–Trinajstić information content (AvgIpc) is 2.59. The van der Waals surface area contributed by atoms with Gasteiger partial charge in [-0.15, -0.1) is 0 Å². The molecule has 0 spiro atoms. The van der Waals surface area contributed by atoms with Crippen molar-refractivity contribution in [3.8, 4) is 0 Å². The summed E-state index contributed by atoms with van der Waals surface area (Å²) in [5, 5.41) is 33.4. The summed E-state index contributed by atoms with van der Waals surface area (Å²) in [7, 11) is 1.33. The second-order valence-electron chi connectivity index (χ2n) is 5.29. The molecule has 0 bridgehead atoms. The second kappa shape index (κ2) is 7.34. The maximum absolute atomic E-state index is 11.3. The molecule has 11 heteroatoms. The van der Waals surface area contributed by atoms with Gasteiger partial charge in [-0.05, 0) is 19.1 Å².